The highest BCUT2D eigenvalue weighted by molar-refractivity contribution is 7.88. The van der Waals surface area contributed by atoms with Gasteiger partial charge in [0.05, 0.1) is 16.1 Å². The van der Waals surface area contributed by atoms with E-state index in [1.165, 1.54) is 28.8 Å². The van der Waals surface area contributed by atoms with E-state index in [0.29, 0.717) is 42.8 Å². The SMILES string of the molecule is O=[N+]([O-])c1ccc2nc(N3CCN(S(=O)(=O)Cc4ccon4)CC3)ccc2c1. The quantitative estimate of drug-likeness (QED) is 0.467. The zero-order valence-electron chi connectivity index (χ0n) is 14.8. The molecule has 28 heavy (non-hydrogen) atoms. The van der Waals surface area contributed by atoms with E-state index in [0.717, 1.165) is 5.82 Å². The van der Waals surface area contributed by atoms with Crippen molar-refractivity contribution in [2.24, 2.45) is 0 Å². The van der Waals surface area contributed by atoms with Gasteiger partial charge in [0.25, 0.3) is 5.69 Å². The molecule has 0 unspecified atom stereocenters. The summed E-state index contributed by atoms with van der Waals surface area (Å²) in [5.41, 5.74) is 1.06. The molecular formula is C17H17N5O5S. The Hall–Kier alpha value is -3.05. The first-order chi connectivity index (χ1) is 13.4. The Morgan fingerprint density at radius 3 is 2.57 bits per heavy atom. The Bertz CT molecular complexity index is 1110. The van der Waals surface area contributed by atoms with Crippen molar-refractivity contribution in [3.05, 3.63) is 58.5 Å². The number of piperazine rings is 1. The fourth-order valence-electron chi connectivity index (χ4n) is 3.18. The first-order valence-electron chi connectivity index (χ1n) is 8.60. The molecule has 0 atom stereocenters. The number of hydrogen-bond acceptors (Lipinski definition) is 8. The minimum atomic E-state index is -3.46. The molecule has 3 aromatic rings. The summed E-state index contributed by atoms with van der Waals surface area (Å²) in [5, 5.41) is 15.2. The van der Waals surface area contributed by atoms with Gasteiger partial charge in [-0.05, 0) is 18.2 Å². The van der Waals surface area contributed by atoms with Gasteiger partial charge < -0.3 is 9.42 Å². The van der Waals surface area contributed by atoms with Crippen LogP contribution in [0.2, 0.25) is 0 Å². The van der Waals surface area contributed by atoms with E-state index < -0.39 is 14.9 Å². The van der Waals surface area contributed by atoms with Crippen molar-refractivity contribution in [2.45, 2.75) is 5.75 Å². The number of hydrogen-bond donors (Lipinski definition) is 0. The van der Waals surface area contributed by atoms with Gasteiger partial charge in [0, 0.05) is 49.8 Å². The predicted molar refractivity (Wildman–Crippen MR) is 101 cm³/mol. The van der Waals surface area contributed by atoms with Gasteiger partial charge in [-0.2, -0.15) is 4.31 Å². The van der Waals surface area contributed by atoms with E-state index in [9.17, 15) is 18.5 Å². The van der Waals surface area contributed by atoms with Crippen molar-refractivity contribution in [2.75, 3.05) is 31.1 Å². The Kier molecular flexibility index (Phi) is 4.69. The normalized spacial score (nSPS) is 15.8. The molecule has 0 amide bonds. The molecule has 10 nitrogen and oxygen atoms in total. The number of nitro groups is 1. The highest BCUT2D eigenvalue weighted by Crippen LogP contribution is 2.24. The maximum absolute atomic E-state index is 12.5. The molecule has 1 aliphatic rings. The lowest BCUT2D eigenvalue weighted by Gasteiger charge is -2.34. The lowest BCUT2D eigenvalue weighted by Crippen LogP contribution is -2.49. The van der Waals surface area contributed by atoms with Gasteiger partial charge in [0.15, 0.2) is 0 Å². The van der Waals surface area contributed by atoms with Crippen LogP contribution in [0.15, 0.2) is 47.2 Å². The van der Waals surface area contributed by atoms with Crippen LogP contribution >= 0.6 is 0 Å². The van der Waals surface area contributed by atoms with E-state index in [4.69, 9.17) is 4.52 Å². The second-order valence-electron chi connectivity index (χ2n) is 6.44. The van der Waals surface area contributed by atoms with Gasteiger partial charge in [-0.15, -0.1) is 0 Å². The highest BCUT2D eigenvalue weighted by Gasteiger charge is 2.28. The maximum atomic E-state index is 12.5. The molecule has 4 rings (SSSR count). The lowest BCUT2D eigenvalue weighted by atomic mass is 10.2. The average Bonchev–Trinajstić information content (AvgIpc) is 3.19. The molecule has 0 spiro atoms. The summed E-state index contributed by atoms with van der Waals surface area (Å²) in [4.78, 5) is 17.0. The second kappa shape index (κ2) is 7.17. The summed E-state index contributed by atoms with van der Waals surface area (Å²) < 4.78 is 31.2. The summed E-state index contributed by atoms with van der Waals surface area (Å²) in [5.74, 6) is 0.533. The number of non-ortho nitro benzene ring substituents is 1. The van der Waals surface area contributed by atoms with Crippen LogP contribution in [-0.4, -0.2) is 54.0 Å². The molecular weight excluding hydrogens is 386 g/mol. The van der Waals surface area contributed by atoms with Crippen LogP contribution in [0.5, 0.6) is 0 Å². The minimum absolute atomic E-state index is 0.0213. The smallest absolute Gasteiger partial charge is 0.270 e. The van der Waals surface area contributed by atoms with Crippen LogP contribution in [0.4, 0.5) is 11.5 Å². The summed E-state index contributed by atoms with van der Waals surface area (Å²) in [7, 11) is -3.46. The first-order valence-corrected chi connectivity index (χ1v) is 10.2. The van der Waals surface area contributed by atoms with E-state index in [1.807, 2.05) is 4.90 Å². The van der Waals surface area contributed by atoms with Crippen molar-refractivity contribution in [1.82, 2.24) is 14.4 Å². The molecule has 3 heterocycles. The topological polar surface area (TPSA) is 123 Å². The fourth-order valence-corrected chi connectivity index (χ4v) is 4.60. The molecule has 0 bridgehead atoms. The van der Waals surface area contributed by atoms with Gasteiger partial charge >= 0.3 is 0 Å². The number of rotatable bonds is 5. The molecule has 0 aliphatic carbocycles. The number of nitro benzene ring substituents is 1. The number of benzene rings is 1. The molecule has 11 heteroatoms. The molecule has 1 aliphatic heterocycles. The van der Waals surface area contributed by atoms with Crippen LogP contribution in [0.25, 0.3) is 10.9 Å². The molecule has 1 saturated heterocycles. The molecule has 0 radical (unpaired) electrons. The highest BCUT2D eigenvalue weighted by atomic mass is 32.2. The van der Waals surface area contributed by atoms with Crippen molar-refractivity contribution in [3.63, 3.8) is 0 Å². The molecule has 1 aromatic carbocycles. The lowest BCUT2D eigenvalue weighted by molar-refractivity contribution is -0.384. The molecule has 0 saturated carbocycles. The Morgan fingerprint density at radius 1 is 1.11 bits per heavy atom. The molecule has 2 aromatic heterocycles. The summed E-state index contributed by atoms with van der Waals surface area (Å²) in [6.45, 7) is 1.70. The van der Waals surface area contributed by atoms with E-state index in [2.05, 4.69) is 10.1 Å². The number of fused-ring (bicyclic) bond motifs is 1. The van der Waals surface area contributed by atoms with Crippen molar-refractivity contribution >= 4 is 32.4 Å². The second-order valence-corrected chi connectivity index (χ2v) is 8.41. The predicted octanol–water partition coefficient (Wildman–Crippen LogP) is 1.78. The Balaban J connectivity index is 1.46. The largest absolute Gasteiger partial charge is 0.364 e. The minimum Gasteiger partial charge on any atom is -0.364 e. The number of anilines is 1. The molecule has 146 valence electrons. The first kappa shape index (κ1) is 18.3. The number of sulfonamides is 1. The fraction of sp³-hybridized carbons (Fsp3) is 0.294. The number of pyridine rings is 1. The van der Waals surface area contributed by atoms with E-state index in [1.54, 1.807) is 18.2 Å². The van der Waals surface area contributed by atoms with Crippen LogP contribution in [0, 0.1) is 10.1 Å². The van der Waals surface area contributed by atoms with Gasteiger partial charge in [-0.1, -0.05) is 5.16 Å². The van der Waals surface area contributed by atoms with Crippen molar-refractivity contribution in [1.29, 1.82) is 0 Å². The molecule has 1 fully saturated rings. The van der Waals surface area contributed by atoms with Crippen LogP contribution < -0.4 is 4.90 Å². The summed E-state index contributed by atoms with van der Waals surface area (Å²) in [6, 6.07) is 9.66. The van der Waals surface area contributed by atoms with Gasteiger partial charge in [0.2, 0.25) is 10.0 Å². The van der Waals surface area contributed by atoms with Crippen molar-refractivity contribution < 1.29 is 17.9 Å². The number of nitrogens with zero attached hydrogens (tertiary/aromatic N) is 5. The Morgan fingerprint density at radius 2 is 1.89 bits per heavy atom. The summed E-state index contributed by atoms with van der Waals surface area (Å²) in [6.07, 6.45) is 1.35. The zero-order valence-corrected chi connectivity index (χ0v) is 15.6. The van der Waals surface area contributed by atoms with Crippen molar-refractivity contribution in [3.8, 4) is 0 Å². The zero-order chi connectivity index (χ0) is 19.7. The van der Waals surface area contributed by atoms with Crippen LogP contribution in [0.3, 0.4) is 0 Å². The third kappa shape index (κ3) is 3.66. The maximum Gasteiger partial charge on any atom is 0.270 e. The number of aromatic nitrogens is 2. The standard InChI is InChI=1S/C17H17N5O5S/c23-22(24)15-2-3-16-13(11-15)1-4-17(18-16)20-6-8-21(9-7-20)28(25,26)12-14-5-10-27-19-14/h1-5,10-11H,6-9,12H2. The summed E-state index contributed by atoms with van der Waals surface area (Å²) >= 11 is 0. The van der Waals surface area contributed by atoms with Gasteiger partial charge in [-0.25, -0.2) is 13.4 Å². The van der Waals surface area contributed by atoms with Gasteiger partial charge in [0.1, 0.15) is 17.8 Å². The van der Waals surface area contributed by atoms with Crippen LogP contribution in [-0.2, 0) is 15.8 Å². The average molecular weight is 403 g/mol. The molecule has 0 N–H and O–H groups in total. The van der Waals surface area contributed by atoms with E-state index in [-0.39, 0.29) is 11.4 Å². The van der Waals surface area contributed by atoms with Gasteiger partial charge in [-0.3, -0.25) is 10.1 Å². The van der Waals surface area contributed by atoms with Crippen LogP contribution in [0.1, 0.15) is 5.69 Å². The Labute approximate surface area is 160 Å². The third-order valence-electron chi connectivity index (χ3n) is 4.65. The van der Waals surface area contributed by atoms with E-state index >= 15 is 0 Å². The third-order valence-corrected chi connectivity index (χ3v) is 6.46. The monoisotopic (exact) mass is 403 g/mol.